The van der Waals surface area contributed by atoms with Crippen LogP contribution >= 0.6 is 0 Å². The number of carbonyl (C=O) groups is 1. The summed E-state index contributed by atoms with van der Waals surface area (Å²) < 4.78 is 1.39. The second kappa shape index (κ2) is 8.87. The standard InChI is InChI=1S/C26H20N6O2/c27-25-30-22-13-11-17(15-21(22)24(33)32(25)20-9-5-2-6-10-20)18-12-14-23(28-16-18)31-26(34)29-19-7-3-1-4-8-19/h1-16H,(H2,27,30)(H2,28,29,31,34). The molecule has 4 N–H and O–H groups in total. The number of anilines is 3. The van der Waals surface area contributed by atoms with Gasteiger partial charge < -0.3 is 11.1 Å². The normalized spacial score (nSPS) is 10.7. The van der Waals surface area contributed by atoms with Crippen LogP contribution in [0.2, 0.25) is 0 Å². The minimum absolute atomic E-state index is 0.127. The van der Waals surface area contributed by atoms with Crippen LogP contribution in [0.15, 0.2) is 102 Å². The number of aromatic nitrogens is 3. The van der Waals surface area contributed by atoms with Gasteiger partial charge in [0, 0.05) is 17.4 Å². The van der Waals surface area contributed by atoms with Crippen molar-refractivity contribution in [3.05, 3.63) is 108 Å². The van der Waals surface area contributed by atoms with E-state index in [1.807, 2.05) is 48.5 Å². The summed E-state index contributed by atoms with van der Waals surface area (Å²) in [4.78, 5) is 34.1. The number of pyridine rings is 1. The molecule has 2 aromatic heterocycles. The molecule has 0 saturated heterocycles. The summed E-state index contributed by atoms with van der Waals surface area (Å²) in [6.07, 6.45) is 1.64. The zero-order valence-corrected chi connectivity index (χ0v) is 18.0. The molecule has 0 radical (unpaired) electrons. The number of nitrogen functional groups attached to an aromatic ring is 1. The lowest BCUT2D eigenvalue weighted by Crippen LogP contribution is -2.23. The van der Waals surface area contributed by atoms with Gasteiger partial charge in [0.1, 0.15) is 5.82 Å². The molecule has 0 bridgehead atoms. The third-order valence-electron chi connectivity index (χ3n) is 5.28. The van der Waals surface area contributed by atoms with Crippen molar-refractivity contribution >= 4 is 34.4 Å². The first-order valence-corrected chi connectivity index (χ1v) is 10.6. The first-order valence-electron chi connectivity index (χ1n) is 10.6. The SMILES string of the molecule is Nc1nc2ccc(-c3ccc(NC(=O)Nc4ccccc4)nc3)cc2c(=O)n1-c1ccccc1. The number of nitrogens with two attached hydrogens (primary N) is 1. The number of carbonyl (C=O) groups excluding carboxylic acids is 1. The van der Waals surface area contributed by atoms with E-state index in [0.29, 0.717) is 28.1 Å². The van der Waals surface area contributed by atoms with Gasteiger partial charge in [0.05, 0.1) is 16.6 Å². The summed E-state index contributed by atoms with van der Waals surface area (Å²) in [7, 11) is 0. The molecule has 5 rings (SSSR count). The maximum Gasteiger partial charge on any atom is 0.324 e. The molecule has 2 amide bonds. The van der Waals surface area contributed by atoms with Crippen LogP contribution in [0.3, 0.4) is 0 Å². The average molecular weight is 448 g/mol. The lowest BCUT2D eigenvalue weighted by molar-refractivity contribution is 0.262. The maximum absolute atomic E-state index is 13.2. The monoisotopic (exact) mass is 448 g/mol. The van der Waals surface area contributed by atoms with Crippen LogP contribution in [0.1, 0.15) is 0 Å². The summed E-state index contributed by atoms with van der Waals surface area (Å²) in [6, 6.07) is 26.8. The highest BCUT2D eigenvalue weighted by atomic mass is 16.2. The quantitative estimate of drug-likeness (QED) is 0.369. The summed E-state index contributed by atoms with van der Waals surface area (Å²) >= 11 is 0. The van der Waals surface area contributed by atoms with Gasteiger partial charge in [-0.15, -0.1) is 0 Å². The molecule has 0 saturated carbocycles. The average Bonchev–Trinajstić information content (AvgIpc) is 2.86. The van der Waals surface area contributed by atoms with E-state index in [9.17, 15) is 9.59 Å². The molecular weight excluding hydrogens is 428 g/mol. The molecule has 0 aliphatic heterocycles. The largest absolute Gasteiger partial charge is 0.369 e. The number of nitrogens with zero attached hydrogens (tertiary/aromatic N) is 3. The van der Waals surface area contributed by atoms with Crippen molar-refractivity contribution < 1.29 is 4.79 Å². The second-order valence-corrected chi connectivity index (χ2v) is 7.56. The van der Waals surface area contributed by atoms with Crippen LogP contribution in [0, 0.1) is 0 Å². The van der Waals surface area contributed by atoms with Gasteiger partial charge in [-0.1, -0.05) is 42.5 Å². The number of amides is 2. The summed E-state index contributed by atoms with van der Waals surface area (Å²) in [5.74, 6) is 0.529. The van der Waals surface area contributed by atoms with Crippen molar-refractivity contribution in [1.82, 2.24) is 14.5 Å². The van der Waals surface area contributed by atoms with E-state index in [0.717, 1.165) is 11.1 Å². The van der Waals surface area contributed by atoms with Crippen molar-refractivity contribution in [2.75, 3.05) is 16.4 Å². The van der Waals surface area contributed by atoms with E-state index in [4.69, 9.17) is 5.73 Å². The van der Waals surface area contributed by atoms with Gasteiger partial charge in [-0.05, 0) is 54.1 Å². The van der Waals surface area contributed by atoms with Crippen molar-refractivity contribution in [2.24, 2.45) is 0 Å². The first-order chi connectivity index (χ1) is 16.6. The fraction of sp³-hybridized carbons (Fsp3) is 0. The van der Waals surface area contributed by atoms with E-state index in [2.05, 4.69) is 20.6 Å². The van der Waals surface area contributed by atoms with E-state index in [1.54, 1.807) is 48.7 Å². The molecule has 2 heterocycles. The molecule has 34 heavy (non-hydrogen) atoms. The van der Waals surface area contributed by atoms with E-state index in [-0.39, 0.29) is 17.5 Å². The fourth-order valence-corrected chi connectivity index (χ4v) is 3.65. The van der Waals surface area contributed by atoms with Crippen LogP contribution < -0.4 is 21.9 Å². The molecule has 0 aliphatic carbocycles. The lowest BCUT2D eigenvalue weighted by Gasteiger charge is -2.11. The number of para-hydroxylation sites is 2. The number of nitrogens with one attached hydrogen (secondary N) is 2. The van der Waals surface area contributed by atoms with Gasteiger partial charge in [-0.2, -0.15) is 0 Å². The zero-order chi connectivity index (χ0) is 23.5. The van der Waals surface area contributed by atoms with Gasteiger partial charge in [0.25, 0.3) is 5.56 Å². The van der Waals surface area contributed by atoms with Gasteiger partial charge in [-0.25, -0.2) is 19.3 Å². The Morgan fingerprint density at radius 3 is 2.24 bits per heavy atom. The topological polar surface area (TPSA) is 115 Å². The minimum Gasteiger partial charge on any atom is -0.369 e. The minimum atomic E-state index is -0.387. The van der Waals surface area contributed by atoms with Crippen molar-refractivity contribution in [2.45, 2.75) is 0 Å². The highest BCUT2D eigenvalue weighted by Crippen LogP contribution is 2.24. The summed E-state index contributed by atoms with van der Waals surface area (Å²) in [5, 5.41) is 5.89. The molecule has 5 aromatic rings. The van der Waals surface area contributed by atoms with E-state index >= 15 is 0 Å². The highest BCUT2D eigenvalue weighted by molar-refractivity contribution is 5.99. The van der Waals surface area contributed by atoms with Crippen LogP contribution in [0.5, 0.6) is 0 Å². The number of hydrogen-bond donors (Lipinski definition) is 3. The Morgan fingerprint density at radius 2 is 1.53 bits per heavy atom. The van der Waals surface area contributed by atoms with Crippen molar-refractivity contribution in [3.63, 3.8) is 0 Å². The Morgan fingerprint density at radius 1 is 0.824 bits per heavy atom. The second-order valence-electron chi connectivity index (χ2n) is 7.56. The molecular formula is C26H20N6O2. The Kier molecular flexibility index (Phi) is 5.45. The molecule has 8 heteroatoms. The molecule has 0 atom stereocenters. The molecule has 8 nitrogen and oxygen atoms in total. The van der Waals surface area contributed by atoms with E-state index < -0.39 is 0 Å². The van der Waals surface area contributed by atoms with Crippen molar-refractivity contribution in [3.8, 4) is 16.8 Å². The van der Waals surface area contributed by atoms with Crippen LogP contribution in [-0.2, 0) is 0 Å². The third-order valence-corrected chi connectivity index (χ3v) is 5.28. The van der Waals surface area contributed by atoms with Gasteiger partial charge in [0.15, 0.2) is 0 Å². The molecule has 3 aromatic carbocycles. The van der Waals surface area contributed by atoms with Gasteiger partial charge in [-0.3, -0.25) is 10.1 Å². The number of hydrogen-bond acceptors (Lipinski definition) is 5. The Labute approximate surface area is 194 Å². The lowest BCUT2D eigenvalue weighted by atomic mass is 10.1. The summed E-state index contributed by atoms with van der Waals surface area (Å²) in [6.45, 7) is 0. The Hall–Kier alpha value is -4.98. The number of fused-ring (bicyclic) bond motifs is 1. The van der Waals surface area contributed by atoms with Crippen LogP contribution in [-0.4, -0.2) is 20.6 Å². The van der Waals surface area contributed by atoms with Gasteiger partial charge >= 0.3 is 6.03 Å². The van der Waals surface area contributed by atoms with Crippen molar-refractivity contribution in [1.29, 1.82) is 0 Å². The Balaban J connectivity index is 1.42. The smallest absolute Gasteiger partial charge is 0.324 e. The first kappa shape index (κ1) is 20.9. The molecule has 166 valence electrons. The van der Waals surface area contributed by atoms with Crippen LogP contribution in [0.25, 0.3) is 27.7 Å². The fourth-order valence-electron chi connectivity index (χ4n) is 3.65. The van der Waals surface area contributed by atoms with E-state index in [1.165, 1.54) is 4.57 Å². The Bertz CT molecular complexity index is 1530. The molecule has 0 fully saturated rings. The number of rotatable bonds is 4. The maximum atomic E-state index is 13.2. The predicted molar refractivity (Wildman–Crippen MR) is 134 cm³/mol. The zero-order valence-electron chi connectivity index (χ0n) is 18.0. The molecule has 0 spiro atoms. The predicted octanol–water partition coefficient (Wildman–Crippen LogP) is 4.67. The highest BCUT2D eigenvalue weighted by Gasteiger charge is 2.12. The third kappa shape index (κ3) is 4.20. The number of benzene rings is 3. The van der Waals surface area contributed by atoms with Crippen LogP contribution in [0.4, 0.5) is 22.2 Å². The summed E-state index contributed by atoms with van der Waals surface area (Å²) in [5.41, 5.74) is 9.26. The molecule has 0 aliphatic rings. The molecule has 0 unspecified atom stereocenters. The van der Waals surface area contributed by atoms with Gasteiger partial charge in [0.2, 0.25) is 5.95 Å². The number of urea groups is 1.